The van der Waals surface area contributed by atoms with Crippen LogP contribution in [0.5, 0.6) is 11.5 Å². The number of rotatable bonds is 6. The second-order valence-electron chi connectivity index (χ2n) is 5.70. The van der Waals surface area contributed by atoms with Crippen LogP contribution in [0.3, 0.4) is 0 Å². The fourth-order valence-corrected chi connectivity index (χ4v) is 2.95. The quantitative estimate of drug-likeness (QED) is 0.394. The Morgan fingerprint density at radius 3 is 3.04 bits per heavy atom. The third-order valence-electron chi connectivity index (χ3n) is 3.85. The van der Waals surface area contributed by atoms with Crippen LogP contribution in [0.2, 0.25) is 5.02 Å². The molecule has 0 unspecified atom stereocenters. The van der Waals surface area contributed by atoms with E-state index in [9.17, 15) is 4.79 Å². The monoisotopic (exact) mass is 396 g/mol. The molecule has 0 saturated carbocycles. The molecule has 142 valence electrons. The van der Waals surface area contributed by atoms with Crippen LogP contribution in [0.15, 0.2) is 41.6 Å². The maximum Gasteiger partial charge on any atom is 0.290 e. The second kappa shape index (κ2) is 8.46. The van der Waals surface area contributed by atoms with Gasteiger partial charge >= 0.3 is 0 Å². The number of carbonyl (C=O) groups excluding carboxylic acids is 1. The Hall–Kier alpha value is -3.50. The van der Waals surface area contributed by atoms with Crippen LogP contribution in [0.1, 0.15) is 21.7 Å². The minimum atomic E-state index is -0.375. The van der Waals surface area contributed by atoms with Gasteiger partial charge in [0.05, 0.1) is 24.0 Å². The van der Waals surface area contributed by atoms with Crippen LogP contribution in [-0.2, 0) is 0 Å². The lowest BCUT2D eigenvalue weighted by Crippen LogP contribution is -2.20. The summed E-state index contributed by atoms with van der Waals surface area (Å²) >= 11 is 6.22. The van der Waals surface area contributed by atoms with E-state index in [1.807, 2.05) is 18.2 Å². The first-order valence-corrected chi connectivity index (χ1v) is 8.63. The number of benzene rings is 1. The van der Waals surface area contributed by atoms with Crippen molar-refractivity contribution in [3.63, 3.8) is 0 Å². The number of pyridine rings is 1. The predicted octanol–water partition coefficient (Wildman–Crippen LogP) is 3.08. The van der Waals surface area contributed by atoms with E-state index in [4.69, 9.17) is 27.5 Å². The van der Waals surface area contributed by atoms with E-state index in [0.29, 0.717) is 39.1 Å². The van der Waals surface area contributed by atoms with E-state index in [0.717, 1.165) is 0 Å². The SMILES string of the molecule is C#CCOc1c(Cl)cc(/C=N\NC(=O)c2c(C)nc3ccccn23)cc1OC. The fourth-order valence-electron chi connectivity index (χ4n) is 2.67. The molecule has 0 aliphatic rings. The summed E-state index contributed by atoms with van der Waals surface area (Å²) < 4.78 is 12.4. The molecule has 1 amide bonds. The van der Waals surface area contributed by atoms with Gasteiger partial charge in [0.2, 0.25) is 0 Å². The lowest BCUT2D eigenvalue weighted by atomic mass is 10.2. The van der Waals surface area contributed by atoms with Crippen LogP contribution in [0.4, 0.5) is 0 Å². The molecule has 0 aliphatic heterocycles. The molecule has 0 bridgehead atoms. The van der Waals surface area contributed by atoms with Gasteiger partial charge in [-0.15, -0.1) is 6.42 Å². The number of terminal acetylenes is 1. The van der Waals surface area contributed by atoms with Crippen molar-refractivity contribution in [1.29, 1.82) is 0 Å². The van der Waals surface area contributed by atoms with Crippen molar-refractivity contribution >= 4 is 29.4 Å². The standard InChI is InChI=1S/C20H17ClN4O3/c1-4-9-28-19-15(21)10-14(11-16(19)27-3)12-22-24-20(26)18-13(2)23-17-7-5-6-8-25(17)18/h1,5-8,10-12H,9H2,2-3H3,(H,24,26)/b22-12-. The molecule has 3 rings (SSSR count). The van der Waals surface area contributed by atoms with Crippen molar-refractivity contribution in [2.75, 3.05) is 13.7 Å². The molecule has 0 aliphatic carbocycles. The number of hydrazone groups is 1. The van der Waals surface area contributed by atoms with Crippen molar-refractivity contribution in [3.8, 4) is 23.8 Å². The van der Waals surface area contributed by atoms with Gasteiger partial charge in [-0.3, -0.25) is 9.20 Å². The molecule has 0 saturated heterocycles. The number of ether oxygens (including phenoxy) is 2. The minimum Gasteiger partial charge on any atom is -0.493 e. The lowest BCUT2D eigenvalue weighted by Gasteiger charge is -2.11. The number of aromatic nitrogens is 2. The third-order valence-corrected chi connectivity index (χ3v) is 4.13. The highest BCUT2D eigenvalue weighted by Crippen LogP contribution is 2.35. The van der Waals surface area contributed by atoms with Crippen LogP contribution in [-0.4, -0.2) is 35.2 Å². The van der Waals surface area contributed by atoms with Crippen molar-refractivity contribution < 1.29 is 14.3 Å². The summed E-state index contributed by atoms with van der Waals surface area (Å²) in [6, 6.07) is 8.81. The average Bonchev–Trinajstić information content (AvgIpc) is 3.02. The number of nitrogens with one attached hydrogen (secondary N) is 1. The molecule has 0 atom stereocenters. The summed E-state index contributed by atoms with van der Waals surface area (Å²) in [7, 11) is 1.49. The van der Waals surface area contributed by atoms with Gasteiger partial charge in [0.1, 0.15) is 17.9 Å². The van der Waals surface area contributed by atoms with E-state index in [1.165, 1.54) is 13.3 Å². The van der Waals surface area contributed by atoms with Gasteiger partial charge in [0.25, 0.3) is 5.91 Å². The summed E-state index contributed by atoms with van der Waals surface area (Å²) in [5, 5.41) is 4.32. The number of carbonyl (C=O) groups is 1. The molecule has 7 nitrogen and oxygen atoms in total. The van der Waals surface area contributed by atoms with Crippen molar-refractivity contribution in [2.24, 2.45) is 5.10 Å². The van der Waals surface area contributed by atoms with Gasteiger partial charge in [-0.1, -0.05) is 23.6 Å². The summed E-state index contributed by atoms with van der Waals surface area (Å²) in [6.07, 6.45) is 8.43. The van der Waals surface area contributed by atoms with E-state index in [2.05, 4.69) is 21.4 Å². The minimum absolute atomic E-state index is 0.0677. The molecule has 0 fully saturated rings. The number of hydrogen-bond donors (Lipinski definition) is 1. The third kappa shape index (κ3) is 3.92. The maximum atomic E-state index is 12.5. The Balaban J connectivity index is 1.79. The van der Waals surface area contributed by atoms with Gasteiger partial charge in [0, 0.05) is 6.20 Å². The number of fused-ring (bicyclic) bond motifs is 1. The highest BCUT2D eigenvalue weighted by Gasteiger charge is 2.16. The number of imidazole rings is 1. The Kier molecular flexibility index (Phi) is 5.82. The first-order valence-electron chi connectivity index (χ1n) is 8.26. The molecule has 1 N–H and O–H groups in total. The van der Waals surface area contributed by atoms with Crippen LogP contribution < -0.4 is 14.9 Å². The molecule has 8 heteroatoms. The average molecular weight is 397 g/mol. The summed E-state index contributed by atoms with van der Waals surface area (Å²) in [5.74, 6) is 2.76. The fraction of sp³-hybridized carbons (Fsp3) is 0.150. The summed E-state index contributed by atoms with van der Waals surface area (Å²) in [4.78, 5) is 16.9. The van der Waals surface area contributed by atoms with E-state index >= 15 is 0 Å². The number of nitrogens with zero attached hydrogens (tertiary/aromatic N) is 3. The van der Waals surface area contributed by atoms with Gasteiger partial charge < -0.3 is 9.47 Å². The van der Waals surface area contributed by atoms with E-state index in [-0.39, 0.29) is 12.5 Å². The van der Waals surface area contributed by atoms with Gasteiger partial charge in [0.15, 0.2) is 11.5 Å². The molecular formula is C20H17ClN4O3. The molecule has 1 aromatic carbocycles. The highest BCUT2D eigenvalue weighted by atomic mass is 35.5. The predicted molar refractivity (Wildman–Crippen MR) is 107 cm³/mol. The lowest BCUT2D eigenvalue weighted by molar-refractivity contribution is 0.0948. The smallest absolute Gasteiger partial charge is 0.290 e. The Morgan fingerprint density at radius 2 is 2.29 bits per heavy atom. The van der Waals surface area contributed by atoms with Crippen molar-refractivity contribution in [1.82, 2.24) is 14.8 Å². The van der Waals surface area contributed by atoms with E-state index in [1.54, 1.807) is 29.7 Å². The number of halogens is 1. The van der Waals surface area contributed by atoms with Gasteiger partial charge in [-0.25, -0.2) is 10.4 Å². The maximum absolute atomic E-state index is 12.5. The van der Waals surface area contributed by atoms with Crippen LogP contribution in [0.25, 0.3) is 5.65 Å². The molecular weight excluding hydrogens is 380 g/mol. The summed E-state index contributed by atoms with van der Waals surface area (Å²) in [5.41, 5.74) is 4.83. The van der Waals surface area contributed by atoms with Crippen LogP contribution in [0, 0.1) is 19.3 Å². The second-order valence-corrected chi connectivity index (χ2v) is 6.11. The zero-order chi connectivity index (χ0) is 20.1. The Labute approximate surface area is 166 Å². The molecule has 2 aromatic heterocycles. The number of aryl methyl sites for hydroxylation is 1. The first kappa shape index (κ1) is 19.3. The normalized spacial score (nSPS) is 10.8. The molecule has 28 heavy (non-hydrogen) atoms. The first-order chi connectivity index (χ1) is 13.5. The Bertz CT molecular complexity index is 1100. The zero-order valence-corrected chi connectivity index (χ0v) is 16.0. The van der Waals surface area contributed by atoms with E-state index < -0.39 is 0 Å². The number of amides is 1. The molecule has 2 heterocycles. The number of hydrogen-bond acceptors (Lipinski definition) is 5. The largest absolute Gasteiger partial charge is 0.493 e. The number of methoxy groups -OCH3 is 1. The van der Waals surface area contributed by atoms with Crippen molar-refractivity contribution in [3.05, 3.63) is 58.5 Å². The zero-order valence-electron chi connectivity index (χ0n) is 15.3. The molecule has 0 radical (unpaired) electrons. The van der Waals surface area contributed by atoms with Gasteiger partial charge in [-0.2, -0.15) is 5.10 Å². The molecule has 3 aromatic rings. The topological polar surface area (TPSA) is 77.2 Å². The van der Waals surface area contributed by atoms with Gasteiger partial charge in [-0.05, 0) is 36.8 Å². The van der Waals surface area contributed by atoms with Crippen molar-refractivity contribution in [2.45, 2.75) is 6.92 Å². The van der Waals surface area contributed by atoms with Crippen LogP contribution >= 0.6 is 11.6 Å². The highest BCUT2D eigenvalue weighted by molar-refractivity contribution is 6.32. The summed E-state index contributed by atoms with van der Waals surface area (Å²) in [6.45, 7) is 1.84. The Morgan fingerprint density at radius 1 is 1.46 bits per heavy atom. The molecule has 0 spiro atoms.